The van der Waals surface area contributed by atoms with Gasteiger partial charge in [-0.25, -0.2) is 0 Å². The molecule has 19 heavy (non-hydrogen) atoms. The molecule has 0 aromatic heterocycles. The number of benzene rings is 1. The van der Waals surface area contributed by atoms with Gasteiger partial charge in [0.05, 0.1) is 6.10 Å². The number of rotatable bonds is 7. The maximum atomic E-state index is 5.93. The fourth-order valence-electron chi connectivity index (χ4n) is 2.31. The van der Waals surface area contributed by atoms with Crippen molar-refractivity contribution in [3.05, 3.63) is 29.8 Å². The summed E-state index contributed by atoms with van der Waals surface area (Å²) in [4.78, 5) is 2.32. The molecule has 0 fully saturated rings. The standard InChI is InChI=1S/C16H28N2O/c1-12(2)11-18(5)16(10-17)14-6-8-15(9-7-14)19-13(3)4/h6-9,12-13,16H,10-11,17H2,1-5H3. The molecule has 0 heterocycles. The van der Waals surface area contributed by atoms with E-state index in [0.29, 0.717) is 12.5 Å². The molecular weight excluding hydrogens is 236 g/mol. The average Bonchev–Trinajstić information content (AvgIpc) is 2.30. The van der Waals surface area contributed by atoms with E-state index in [-0.39, 0.29) is 12.1 Å². The lowest BCUT2D eigenvalue weighted by atomic mass is 10.0. The zero-order valence-electron chi connectivity index (χ0n) is 12.9. The first-order valence-electron chi connectivity index (χ1n) is 7.11. The molecule has 0 aliphatic heterocycles. The molecule has 3 nitrogen and oxygen atoms in total. The molecule has 1 aromatic carbocycles. The second-order valence-corrected chi connectivity index (χ2v) is 5.82. The molecule has 0 radical (unpaired) electrons. The molecule has 0 aliphatic rings. The van der Waals surface area contributed by atoms with Crippen LogP contribution in [0.4, 0.5) is 0 Å². The van der Waals surface area contributed by atoms with E-state index in [1.165, 1.54) is 5.56 Å². The molecule has 0 bridgehead atoms. The van der Waals surface area contributed by atoms with Gasteiger partial charge in [-0.3, -0.25) is 4.90 Å². The monoisotopic (exact) mass is 264 g/mol. The van der Waals surface area contributed by atoms with Crippen LogP contribution in [0.3, 0.4) is 0 Å². The predicted octanol–water partition coefficient (Wildman–Crippen LogP) is 3.06. The Morgan fingerprint density at radius 3 is 2.11 bits per heavy atom. The lowest BCUT2D eigenvalue weighted by Crippen LogP contribution is -2.33. The Labute approximate surface area is 117 Å². The quantitative estimate of drug-likeness (QED) is 0.822. The molecule has 2 N–H and O–H groups in total. The summed E-state index contributed by atoms with van der Waals surface area (Å²) in [6, 6.07) is 8.57. The number of nitrogens with zero attached hydrogens (tertiary/aromatic N) is 1. The average molecular weight is 264 g/mol. The van der Waals surface area contributed by atoms with Gasteiger partial charge in [-0.05, 0) is 44.5 Å². The minimum atomic E-state index is 0.208. The molecule has 0 amide bonds. The lowest BCUT2D eigenvalue weighted by Gasteiger charge is -2.29. The van der Waals surface area contributed by atoms with E-state index in [1.54, 1.807) is 0 Å². The van der Waals surface area contributed by atoms with Crippen LogP contribution >= 0.6 is 0 Å². The molecule has 1 aromatic rings. The van der Waals surface area contributed by atoms with Crippen LogP contribution in [0.1, 0.15) is 39.3 Å². The first-order chi connectivity index (χ1) is 8.93. The molecule has 108 valence electrons. The van der Waals surface area contributed by atoms with Crippen molar-refractivity contribution in [1.29, 1.82) is 0 Å². The van der Waals surface area contributed by atoms with E-state index in [4.69, 9.17) is 10.5 Å². The summed E-state index contributed by atoms with van der Waals surface area (Å²) in [7, 11) is 2.13. The van der Waals surface area contributed by atoms with Gasteiger partial charge in [0, 0.05) is 19.1 Å². The highest BCUT2D eigenvalue weighted by Gasteiger charge is 2.16. The van der Waals surface area contributed by atoms with Crippen LogP contribution < -0.4 is 10.5 Å². The van der Waals surface area contributed by atoms with Crippen LogP contribution in [-0.4, -0.2) is 31.1 Å². The Morgan fingerprint density at radius 2 is 1.68 bits per heavy atom. The van der Waals surface area contributed by atoms with Crippen LogP contribution in [0, 0.1) is 5.92 Å². The largest absolute Gasteiger partial charge is 0.491 e. The van der Waals surface area contributed by atoms with Gasteiger partial charge in [0.25, 0.3) is 0 Å². The first kappa shape index (κ1) is 16.0. The molecule has 0 saturated heterocycles. The van der Waals surface area contributed by atoms with Crippen molar-refractivity contribution in [1.82, 2.24) is 4.90 Å². The molecule has 1 rings (SSSR count). The van der Waals surface area contributed by atoms with Gasteiger partial charge in [0.15, 0.2) is 0 Å². The fraction of sp³-hybridized carbons (Fsp3) is 0.625. The third-order valence-corrected chi connectivity index (χ3v) is 3.05. The third-order valence-electron chi connectivity index (χ3n) is 3.05. The number of ether oxygens (including phenoxy) is 1. The van der Waals surface area contributed by atoms with Gasteiger partial charge in [0.2, 0.25) is 0 Å². The zero-order valence-corrected chi connectivity index (χ0v) is 12.9. The van der Waals surface area contributed by atoms with E-state index in [2.05, 4.69) is 37.9 Å². The summed E-state index contributed by atoms with van der Waals surface area (Å²) in [5.41, 5.74) is 7.18. The first-order valence-corrected chi connectivity index (χ1v) is 7.11. The number of likely N-dealkylation sites (N-methyl/N-ethyl adjacent to an activating group) is 1. The van der Waals surface area contributed by atoms with Gasteiger partial charge in [-0.1, -0.05) is 26.0 Å². The smallest absolute Gasteiger partial charge is 0.119 e. The topological polar surface area (TPSA) is 38.5 Å². The van der Waals surface area contributed by atoms with E-state index in [9.17, 15) is 0 Å². The van der Waals surface area contributed by atoms with Crippen LogP contribution in [0.25, 0.3) is 0 Å². The van der Waals surface area contributed by atoms with Crippen LogP contribution in [-0.2, 0) is 0 Å². The van der Waals surface area contributed by atoms with Crippen LogP contribution in [0.2, 0.25) is 0 Å². The van der Waals surface area contributed by atoms with Gasteiger partial charge in [-0.2, -0.15) is 0 Å². The lowest BCUT2D eigenvalue weighted by molar-refractivity contribution is 0.222. The summed E-state index contributed by atoms with van der Waals surface area (Å²) in [6.45, 7) is 10.2. The Kier molecular flexibility index (Phi) is 6.32. The van der Waals surface area contributed by atoms with E-state index in [0.717, 1.165) is 12.3 Å². The number of hydrogen-bond donors (Lipinski definition) is 1. The summed E-state index contributed by atoms with van der Waals surface area (Å²) in [5, 5.41) is 0. The Bertz CT molecular complexity index is 360. The Morgan fingerprint density at radius 1 is 1.11 bits per heavy atom. The fourth-order valence-corrected chi connectivity index (χ4v) is 2.31. The molecule has 1 atom stereocenters. The molecular formula is C16H28N2O. The maximum Gasteiger partial charge on any atom is 0.119 e. The summed E-state index contributed by atoms with van der Waals surface area (Å²) in [5.74, 6) is 1.56. The number of nitrogens with two attached hydrogens (primary N) is 1. The van der Waals surface area contributed by atoms with Gasteiger partial charge < -0.3 is 10.5 Å². The van der Waals surface area contributed by atoms with Gasteiger partial charge in [0.1, 0.15) is 5.75 Å². The normalized spacial score (nSPS) is 13.3. The number of hydrogen-bond acceptors (Lipinski definition) is 3. The molecule has 0 spiro atoms. The SMILES string of the molecule is CC(C)CN(C)C(CN)c1ccc(OC(C)C)cc1. The summed E-state index contributed by atoms with van der Waals surface area (Å²) in [6.07, 6.45) is 0.208. The molecule has 1 unspecified atom stereocenters. The second kappa shape index (κ2) is 7.51. The van der Waals surface area contributed by atoms with Crippen LogP contribution in [0.5, 0.6) is 5.75 Å². The van der Waals surface area contributed by atoms with Crippen molar-refractivity contribution in [2.45, 2.75) is 39.8 Å². The maximum absolute atomic E-state index is 5.93. The molecule has 3 heteroatoms. The van der Waals surface area contributed by atoms with E-state index < -0.39 is 0 Å². The highest BCUT2D eigenvalue weighted by Crippen LogP contribution is 2.22. The molecule has 0 saturated carbocycles. The summed E-state index contributed by atoms with van der Waals surface area (Å²) < 4.78 is 5.66. The van der Waals surface area contributed by atoms with E-state index in [1.807, 2.05) is 26.0 Å². The van der Waals surface area contributed by atoms with Crippen molar-refractivity contribution < 1.29 is 4.74 Å². The van der Waals surface area contributed by atoms with Gasteiger partial charge >= 0.3 is 0 Å². The van der Waals surface area contributed by atoms with Crippen molar-refractivity contribution in [2.75, 3.05) is 20.1 Å². The molecule has 0 aliphatic carbocycles. The highest BCUT2D eigenvalue weighted by atomic mass is 16.5. The Balaban J connectivity index is 2.76. The van der Waals surface area contributed by atoms with Crippen molar-refractivity contribution in [2.24, 2.45) is 11.7 Å². The van der Waals surface area contributed by atoms with Crippen molar-refractivity contribution >= 4 is 0 Å². The zero-order chi connectivity index (χ0) is 14.4. The summed E-state index contributed by atoms with van der Waals surface area (Å²) >= 11 is 0. The minimum absolute atomic E-state index is 0.208. The highest BCUT2D eigenvalue weighted by molar-refractivity contribution is 5.29. The van der Waals surface area contributed by atoms with Crippen molar-refractivity contribution in [3.8, 4) is 5.75 Å². The van der Waals surface area contributed by atoms with Gasteiger partial charge in [-0.15, -0.1) is 0 Å². The van der Waals surface area contributed by atoms with Crippen molar-refractivity contribution in [3.63, 3.8) is 0 Å². The Hall–Kier alpha value is -1.06. The van der Waals surface area contributed by atoms with Crippen LogP contribution in [0.15, 0.2) is 24.3 Å². The van der Waals surface area contributed by atoms with E-state index >= 15 is 0 Å². The predicted molar refractivity (Wildman–Crippen MR) is 81.5 cm³/mol. The second-order valence-electron chi connectivity index (χ2n) is 5.82. The minimum Gasteiger partial charge on any atom is -0.491 e. The third kappa shape index (κ3) is 5.21.